The summed E-state index contributed by atoms with van der Waals surface area (Å²) in [5.74, 6) is 0.692. The fraction of sp³-hybridized carbons (Fsp3) is 0.133. The van der Waals surface area contributed by atoms with E-state index in [0.717, 1.165) is 16.2 Å². The molecule has 0 radical (unpaired) electrons. The molecule has 20 heavy (non-hydrogen) atoms. The Labute approximate surface area is 119 Å². The number of fused-ring (bicyclic) bond motifs is 1. The Morgan fingerprint density at radius 1 is 1.10 bits per heavy atom. The van der Waals surface area contributed by atoms with Crippen LogP contribution in [0.1, 0.15) is 0 Å². The quantitative estimate of drug-likeness (QED) is 0.749. The van der Waals surface area contributed by atoms with E-state index in [2.05, 4.69) is 0 Å². The van der Waals surface area contributed by atoms with Crippen molar-refractivity contribution in [3.05, 3.63) is 59.1 Å². The molecule has 0 saturated heterocycles. The number of aromatic hydroxyl groups is 1. The van der Waals surface area contributed by atoms with E-state index in [1.54, 1.807) is 34.5 Å². The predicted octanol–water partition coefficient (Wildman–Crippen LogP) is 3.09. The van der Waals surface area contributed by atoms with E-state index in [-0.39, 0.29) is 11.5 Å². The van der Waals surface area contributed by atoms with Gasteiger partial charge in [0.05, 0.1) is 5.52 Å². The topological polar surface area (TPSA) is 55.4 Å². The summed E-state index contributed by atoms with van der Waals surface area (Å²) in [6.45, 7) is 0.585. The van der Waals surface area contributed by atoms with Gasteiger partial charge in [-0.05, 0) is 36.4 Å². The Morgan fingerprint density at radius 2 is 1.85 bits per heavy atom. The average molecular weight is 287 g/mol. The van der Waals surface area contributed by atoms with Gasteiger partial charge in [0.1, 0.15) is 5.75 Å². The Hall–Kier alpha value is -2.14. The van der Waals surface area contributed by atoms with E-state index >= 15 is 0 Å². The van der Waals surface area contributed by atoms with Gasteiger partial charge in [-0.1, -0.05) is 12.1 Å². The van der Waals surface area contributed by atoms with Crippen molar-refractivity contribution in [2.45, 2.75) is 11.4 Å². The Kier molecular flexibility index (Phi) is 3.52. The lowest BCUT2D eigenvalue weighted by atomic mass is 10.3. The van der Waals surface area contributed by atoms with Gasteiger partial charge in [0.15, 0.2) is 5.58 Å². The van der Waals surface area contributed by atoms with E-state index in [1.165, 1.54) is 0 Å². The highest BCUT2D eigenvalue weighted by atomic mass is 32.2. The molecule has 5 heteroatoms. The lowest BCUT2D eigenvalue weighted by molar-refractivity contribution is 0.475. The van der Waals surface area contributed by atoms with Crippen LogP contribution in [0.15, 0.2) is 62.6 Å². The molecular weight excluding hydrogens is 274 g/mol. The third kappa shape index (κ3) is 2.58. The number of rotatable bonds is 4. The third-order valence-corrected chi connectivity index (χ3v) is 3.99. The molecular formula is C15H13NO3S. The van der Waals surface area contributed by atoms with Crippen molar-refractivity contribution in [2.75, 3.05) is 5.75 Å². The van der Waals surface area contributed by atoms with Crippen molar-refractivity contribution in [1.29, 1.82) is 0 Å². The molecule has 0 unspecified atom stereocenters. The molecule has 0 bridgehead atoms. The number of nitrogens with zero attached hydrogens (tertiary/aromatic N) is 1. The van der Waals surface area contributed by atoms with E-state index in [0.29, 0.717) is 12.1 Å². The van der Waals surface area contributed by atoms with Crippen LogP contribution in [0.3, 0.4) is 0 Å². The molecule has 102 valence electrons. The molecule has 0 aliphatic rings. The minimum Gasteiger partial charge on any atom is -0.508 e. The first kappa shape index (κ1) is 12.9. The second-order valence-corrected chi connectivity index (χ2v) is 5.50. The minimum atomic E-state index is -0.322. The van der Waals surface area contributed by atoms with Gasteiger partial charge in [0.2, 0.25) is 0 Å². The number of thioether (sulfide) groups is 1. The Morgan fingerprint density at radius 3 is 2.65 bits per heavy atom. The van der Waals surface area contributed by atoms with Gasteiger partial charge in [-0.3, -0.25) is 4.57 Å². The first-order chi connectivity index (χ1) is 9.74. The zero-order valence-corrected chi connectivity index (χ0v) is 11.5. The van der Waals surface area contributed by atoms with Crippen LogP contribution >= 0.6 is 11.8 Å². The molecule has 0 aliphatic carbocycles. The first-order valence-corrected chi connectivity index (χ1v) is 7.23. The maximum Gasteiger partial charge on any atom is 0.419 e. The van der Waals surface area contributed by atoms with Crippen LogP contribution in [-0.4, -0.2) is 15.4 Å². The number of phenols is 1. The highest BCUT2D eigenvalue weighted by molar-refractivity contribution is 7.99. The molecule has 0 atom stereocenters. The second-order valence-electron chi connectivity index (χ2n) is 4.33. The molecule has 0 aliphatic heterocycles. The van der Waals surface area contributed by atoms with Gasteiger partial charge in [0.25, 0.3) is 0 Å². The van der Waals surface area contributed by atoms with E-state index in [4.69, 9.17) is 4.42 Å². The molecule has 2 aromatic carbocycles. The van der Waals surface area contributed by atoms with Gasteiger partial charge in [-0.25, -0.2) is 4.79 Å². The lowest BCUT2D eigenvalue weighted by Gasteiger charge is -2.03. The first-order valence-electron chi connectivity index (χ1n) is 6.24. The molecule has 0 fully saturated rings. The Bertz CT molecular complexity index is 774. The SMILES string of the molecule is O=c1oc2ccccc2n1CCSc1ccc(O)cc1. The molecule has 0 spiro atoms. The molecule has 1 heterocycles. The van der Waals surface area contributed by atoms with Gasteiger partial charge in [0, 0.05) is 17.2 Å². The maximum atomic E-state index is 11.8. The summed E-state index contributed by atoms with van der Waals surface area (Å²) >= 11 is 1.63. The zero-order valence-electron chi connectivity index (χ0n) is 10.7. The lowest BCUT2D eigenvalue weighted by Crippen LogP contribution is -2.15. The minimum absolute atomic E-state index is 0.256. The average Bonchev–Trinajstić information content (AvgIpc) is 2.77. The van der Waals surface area contributed by atoms with Gasteiger partial charge >= 0.3 is 5.76 Å². The second kappa shape index (κ2) is 5.46. The molecule has 0 saturated carbocycles. The van der Waals surface area contributed by atoms with Crippen molar-refractivity contribution in [3.8, 4) is 5.75 Å². The standard InChI is InChI=1S/C15H13NO3S/c17-11-5-7-12(8-6-11)20-10-9-16-13-3-1-2-4-14(13)19-15(16)18/h1-8,17H,9-10H2. The summed E-state index contributed by atoms with van der Waals surface area (Å²) in [5.41, 5.74) is 1.44. The van der Waals surface area contributed by atoms with Crippen LogP contribution in [0.25, 0.3) is 11.1 Å². The van der Waals surface area contributed by atoms with E-state index in [1.807, 2.05) is 30.3 Å². The summed E-state index contributed by atoms with van der Waals surface area (Å²) in [7, 11) is 0. The van der Waals surface area contributed by atoms with Crippen LogP contribution in [-0.2, 0) is 6.54 Å². The zero-order chi connectivity index (χ0) is 13.9. The fourth-order valence-corrected chi connectivity index (χ4v) is 2.86. The van der Waals surface area contributed by atoms with E-state index < -0.39 is 0 Å². The summed E-state index contributed by atoms with van der Waals surface area (Å²) < 4.78 is 6.82. The third-order valence-electron chi connectivity index (χ3n) is 2.99. The van der Waals surface area contributed by atoms with E-state index in [9.17, 15) is 9.90 Å². The summed E-state index contributed by atoms with van der Waals surface area (Å²) in [5, 5.41) is 9.22. The van der Waals surface area contributed by atoms with Crippen LogP contribution < -0.4 is 5.76 Å². The Balaban J connectivity index is 1.72. The number of hydrogen-bond donors (Lipinski definition) is 1. The number of aromatic nitrogens is 1. The number of phenolic OH excluding ortho intramolecular Hbond substituents is 1. The number of aryl methyl sites for hydroxylation is 1. The smallest absolute Gasteiger partial charge is 0.419 e. The molecule has 3 aromatic rings. The number of benzene rings is 2. The van der Waals surface area contributed by atoms with Crippen LogP contribution in [0, 0.1) is 0 Å². The van der Waals surface area contributed by atoms with Gasteiger partial charge < -0.3 is 9.52 Å². The largest absolute Gasteiger partial charge is 0.508 e. The summed E-state index contributed by atoms with van der Waals surface area (Å²) in [4.78, 5) is 12.8. The summed E-state index contributed by atoms with van der Waals surface area (Å²) in [6.07, 6.45) is 0. The molecule has 3 rings (SSSR count). The van der Waals surface area contributed by atoms with Gasteiger partial charge in [-0.15, -0.1) is 11.8 Å². The molecule has 1 N–H and O–H groups in total. The van der Waals surface area contributed by atoms with Crippen molar-refractivity contribution < 1.29 is 9.52 Å². The fourth-order valence-electron chi connectivity index (χ4n) is 2.02. The molecule has 1 aromatic heterocycles. The maximum absolute atomic E-state index is 11.8. The number of para-hydroxylation sites is 2. The molecule has 4 nitrogen and oxygen atoms in total. The number of oxazole rings is 1. The highest BCUT2D eigenvalue weighted by Gasteiger charge is 2.07. The van der Waals surface area contributed by atoms with Crippen LogP contribution in [0.4, 0.5) is 0 Å². The molecule has 0 amide bonds. The monoisotopic (exact) mass is 287 g/mol. The predicted molar refractivity (Wildman–Crippen MR) is 79.3 cm³/mol. The van der Waals surface area contributed by atoms with Crippen LogP contribution in [0.5, 0.6) is 5.75 Å². The normalized spacial score (nSPS) is 11.0. The highest BCUT2D eigenvalue weighted by Crippen LogP contribution is 2.21. The number of hydrogen-bond acceptors (Lipinski definition) is 4. The van der Waals surface area contributed by atoms with Crippen molar-refractivity contribution in [3.63, 3.8) is 0 Å². The van der Waals surface area contributed by atoms with Crippen LogP contribution in [0.2, 0.25) is 0 Å². The van der Waals surface area contributed by atoms with Gasteiger partial charge in [-0.2, -0.15) is 0 Å². The van der Waals surface area contributed by atoms with Crippen molar-refractivity contribution in [2.24, 2.45) is 0 Å². The van der Waals surface area contributed by atoms with Crippen molar-refractivity contribution in [1.82, 2.24) is 4.57 Å². The summed E-state index contributed by atoms with van der Waals surface area (Å²) in [6, 6.07) is 14.4. The van der Waals surface area contributed by atoms with Crippen molar-refractivity contribution >= 4 is 22.9 Å².